The number of hydrogen-bond donors (Lipinski definition) is 7. The number of amides is 2. The van der Waals surface area contributed by atoms with E-state index in [1.165, 1.54) is 28.7 Å². The number of hydrogen-bond acceptors (Lipinski definition) is 10. The van der Waals surface area contributed by atoms with Crippen LogP contribution in [-0.2, 0) is 34.7 Å². The number of aliphatic hydroxyl groups is 2. The number of carboxylic acids is 1. The highest BCUT2D eigenvalue weighted by Crippen LogP contribution is 2.36. The molecule has 0 bridgehead atoms. The lowest BCUT2D eigenvalue weighted by molar-refractivity contribution is -0.155. The number of fused-ring (bicyclic) bond motifs is 1. The molecular formula is C51H55N5O9. The summed E-state index contributed by atoms with van der Waals surface area (Å²) in [5.74, 6) is -1.63. The number of carbonyl (C=O) groups is 3. The third kappa shape index (κ3) is 11.5. The molecule has 0 aliphatic carbocycles. The highest BCUT2D eigenvalue weighted by atomic mass is 16.5. The molecule has 0 saturated carbocycles. The van der Waals surface area contributed by atoms with Gasteiger partial charge in [0.2, 0.25) is 11.2 Å². The van der Waals surface area contributed by atoms with Gasteiger partial charge in [0.1, 0.15) is 11.5 Å². The number of aliphatic carboxylic acids is 1. The van der Waals surface area contributed by atoms with Crippen molar-refractivity contribution in [2.75, 3.05) is 46.4 Å². The first-order chi connectivity index (χ1) is 31.4. The zero-order valence-electron chi connectivity index (χ0n) is 36.3. The highest BCUT2D eigenvalue weighted by Gasteiger charge is 2.42. The minimum atomic E-state index is -2.36. The van der Waals surface area contributed by atoms with Crippen molar-refractivity contribution in [1.82, 2.24) is 25.4 Å². The van der Waals surface area contributed by atoms with Crippen LogP contribution in [0.1, 0.15) is 62.7 Å². The summed E-state index contributed by atoms with van der Waals surface area (Å²) in [6.07, 6.45) is 1.64. The van der Waals surface area contributed by atoms with Crippen molar-refractivity contribution in [3.63, 3.8) is 0 Å². The number of pyridine rings is 1. The number of aliphatic hydroxyl groups excluding tert-OH is 1. The summed E-state index contributed by atoms with van der Waals surface area (Å²) in [6, 6.07) is 36.6. The Morgan fingerprint density at radius 3 is 2.38 bits per heavy atom. The lowest BCUT2D eigenvalue weighted by atomic mass is 9.80. The number of carbonyl (C=O) groups excluding carboxylic acids is 2. The van der Waals surface area contributed by atoms with Crippen LogP contribution >= 0.6 is 0 Å². The van der Waals surface area contributed by atoms with Gasteiger partial charge in [-0.15, -0.1) is 0 Å². The number of nitrogens with zero attached hydrogens (tertiary/aromatic N) is 2. The van der Waals surface area contributed by atoms with Gasteiger partial charge in [-0.2, -0.15) is 0 Å². The number of aromatic hydroxyl groups is 1. The molecule has 1 aliphatic heterocycles. The maximum absolute atomic E-state index is 13.0. The fraction of sp³-hybridized carbons (Fsp3) is 0.294. The summed E-state index contributed by atoms with van der Waals surface area (Å²) in [7, 11) is 1.59. The smallest absolute Gasteiger partial charge is 0.345 e. The molecule has 7 rings (SSSR count). The van der Waals surface area contributed by atoms with Crippen LogP contribution in [0.2, 0.25) is 0 Å². The second kappa shape index (κ2) is 21.2. The van der Waals surface area contributed by atoms with Gasteiger partial charge in [0.15, 0.2) is 6.61 Å². The maximum Gasteiger partial charge on any atom is 0.345 e. The molecule has 6 aromatic rings. The molecule has 7 N–H and O–H groups in total. The first kappa shape index (κ1) is 46.2. The third-order valence-electron chi connectivity index (χ3n) is 12.1. The quantitative estimate of drug-likeness (QED) is 0.0571. The van der Waals surface area contributed by atoms with E-state index < -0.39 is 17.7 Å². The van der Waals surface area contributed by atoms with Crippen molar-refractivity contribution in [2.24, 2.45) is 5.92 Å². The van der Waals surface area contributed by atoms with Crippen LogP contribution in [0.25, 0.3) is 10.9 Å². The van der Waals surface area contributed by atoms with Crippen LogP contribution in [-0.4, -0.2) is 99.4 Å². The van der Waals surface area contributed by atoms with Gasteiger partial charge in [-0.3, -0.25) is 19.3 Å². The normalized spacial score (nSPS) is 14.6. The van der Waals surface area contributed by atoms with Gasteiger partial charge in [-0.1, -0.05) is 84.9 Å². The van der Waals surface area contributed by atoms with Gasteiger partial charge in [0.05, 0.1) is 11.6 Å². The van der Waals surface area contributed by atoms with E-state index in [1.807, 2.05) is 30.3 Å². The van der Waals surface area contributed by atoms with E-state index in [0.29, 0.717) is 41.0 Å². The van der Waals surface area contributed by atoms with Crippen molar-refractivity contribution in [2.45, 2.75) is 44.1 Å². The molecule has 338 valence electrons. The molecule has 1 saturated heterocycles. The number of piperidine rings is 1. The number of likely N-dealkylation sites (tertiary alicyclic amines) is 1. The molecule has 1 aliphatic rings. The fourth-order valence-electron chi connectivity index (χ4n) is 8.36. The Morgan fingerprint density at radius 2 is 1.63 bits per heavy atom. The van der Waals surface area contributed by atoms with Gasteiger partial charge >= 0.3 is 5.97 Å². The molecule has 65 heavy (non-hydrogen) atoms. The average molecular weight is 882 g/mol. The number of carboxylic acid groups (broad SMARTS) is 1. The van der Waals surface area contributed by atoms with E-state index in [1.54, 1.807) is 73.8 Å². The van der Waals surface area contributed by atoms with Gasteiger partial charge in [-0.05, 0) is 96.9 Å². The van der Waals surface area contributed by atoms with E-state index in [9.17, 15) is 39.6 Å². The molecule has 2 heterocycles. The van der Waals surface area contributed by atoms with Gasteiger partial charge in [0, 0.05) is 67.9 Å². The van der Waals surface area contributed by atoms with E-state index in [2.05, 4.69) is 32.7 Å². The van der Waals surface area contributed by atoms with Crippen LogP contribution in [0, 0.1) is 5.92 Å². The van der Waals surface area contributed by atoms with Crippen molar-refractivity contribution in [3.05, 3.63) is 177 Å². The molecule has 14 heteroatoms. The molecule has 0 spiro atoms. The first-order valence-corrected chi connectivity index (χ1v) is 21.8. The molecule has 0 radical (unpaired) electrons. The maximum atomic E-state index is 13.0. The number of likely N-dealkylation sites (N-methyl/N-ethyl adjacent to an activating group) is 1. The Balaban J connectivity index is 0.862. The van der Waals surface area contributed by atoms with Crippen LogP contribution in [0.4, 0.5) is 0 Å². The largest absolute Gasteiger partial charge is 0.506 e. The van der Waals surface area contributed by atoms with Gasteiger partial charge in [-0.25, -0.2) is 4.79 Å². The van der Waals surface area contributed by atoms with Crippen molar-refractivity contribution < 1.29 is 39.5 Å². The number of phenolic OH excluding ortho intramolecular Hbond substituents is 1. The van der Waals surface area contributed by atoms with Crippen LogP contribution in [0.5, 0.6) is 11.5 Å². The van der Waals surface area contributed by atoms with Gasteiger partial charge < -0.3 is 45.7 Å². The molecule has 1 aromatic heterocycles. The molecule has 0 unspecified atom stereocenters. The van der Waals surface area contributed by atoms with Crippen molar-refractivity contribution in [1.29, 1.82) is 0 Å². The Morgan fingerprint density at radius 1 is 0.892 bits per heavy atom. The van der Waals surface area contributed by atoms with E-state index >= 15 is 0 Å². The van der Waals surface area contributed by atoms with Crippen molar-refractivity contribution >= 4 is 28.7 Å². The second-order valence-corrected chi connectivity index (χ2v) is 16.6. The van der Waals surface area contributed by atoms with Crippen LogP contribution < -0.4 is 20.9 Å². The zero-order valence-corrected chi connectivity index (χ0v) is 36.3. The number of rotatable bonds is 19. The summed E-state index contributed by atoms with van der Waals surface area (Å²) in [5, 5.41) is 50.1. The molecular weight excluding hydrogens is 827 g/mol. The molecule has 2 atom stereocenters. The standard InChI is InChI=1S/C51H55N5O9/c1-55(27-24-53-49(61)37-16-14-35(15-17-37)30-52-31-45(58)41-18-20-44(57)48-42(41)19-21-46(59)54-48)47(60)33-65-40-12-7-11-39(29-40)51(64,50(62)63)43-13-6-5-10-38(43)28-34-22-25-56(26-23-34)32-36-8-3-2-4-9-36/h2-21,29,34,45,52,57-58,64H,22-28,30-33H2,1H3,(H,53,61)(H,54,59)(H,62,63)/t45-,51-/m0/s1. The summed E-state index contributed by atoms with van der Waals surface area (Å²) < 4.78 is 5.81. The van der Waals surface area contributed by atoms with E-state index in [0.717, 1.165) is 43.6 Å². The Kier molecular flexibility index (Phi) is 15.1. The predicted octanol–water partition coefficient (Wildman–Crippen LogP) is 5.10. The Bertz CT molecular complexity index is 2650. The SMILES string of the molecule is CN(CCNC(=O)c1ccc(CNC[C@H](O)c2ccc(O)c3[nH]c(=O)ccc23)cc1)C(=O)COc1cccc([C@@](O)(C(=O)O)c2ccccc2CC2CCN(Cc3ccccc3)CC2)c1. The van der Waals surface area contributed by atoms with E-state index in [4.69, 9.17) is 4.74 Å². The summed E-state index contributed by atoms with van der Waals surface area (Å²) in [6.45, 7) is 3.41. The lowest BCUT2D eigenvalue weighted by Crippen LogP contribution is -2.39. The second-order valence-electron chi connectivity index (χ2n) is 16.6. The monoisotopic (exact) mass is 881 g/mol. The minimum Gasteiger partial charge on any atom is -0.506 e. The topological polar surface area (TPSA) is 205 Å². The van der Waals surface area contributed by atoms with Crippen LogP contribution in [0.3, 0.4) is 0 Å². The number of benzene rings is 5. The number of H-pyrrole nitrogens is 1. The fourth-order valence-corrected chi connectivity index (χ4v) is 8.36. The molecule has 5 aromatic carbocycles. The number of nitrogens with one attached hydrogen (secondary N) is 3. The molecule has 2 amide bonds. The third-order valence-corrected chi connectivity index (χ3v) is 12.1. The van der Waals surface area contributed by atoms with Gasteiger partial charge in [0.25, 0.3) is 11.8 Å². The Labute approximate surface area is 377 Å². The highest BCUT2D eigenvalue weighted by molar-refractivity contribution is 5.94. The Hall–Kier alpha value is -6.84. The molecule has 1 fully saturated rings. The van der Waals surface area contributed by atoms with Crippen LogP contribution in [0.15, 0.2) is 132 Å². The zero-order chi connectivity index (χ0) is 45.9. The minimum absolute atomic E-state index is 0.0823. The van der Waals surface area contributed by atoms with E-state index in [-0.39, 0.29) is 66.2 Å². The first-order valence-electron chi connectivity index (χ1n) is 21.8. The number of aromatic nitrogens is 1. The average Bonchev–Trinajstić information content (AvgIpc) is 3.32. The predicted molar refractivity (Wildman–Crippen MR) is 246 cm³/mol. The number of ether oxygens (including phenoxy) is 1. The number of aromatic amines is 1. The van der Waals surface area contributed by atoms with Crippen molar-refractivity contribution in [3.8, 4) is 11.5 Å². The molecule has 14 nitrogen and oxygen atoms in total. The summed E-state index contributed by atoms with van der Waals surface area (Å²) in [4.78, 5) is 57.0. The lowest BCUT2D eigenvalue weighted by Gasteiger charge is -2.33. The summed E-state index contributed by atoms with van der Waals surface area (Å²) >= 11 is 0. The number of phenols is 1. The summed E-state index contributed by atoms with van der Waals surface area (Å²) in [5.41, 5.74) is 1.87.